The van der Waals surface area contributed by atoms with E-state index in [1.54, 1.807) is 0 Å². The zero-order valence-corrected chi connectivity index (χ0v) is 12.6. The summed E-state index contributed by atoms with van der Waals surface area (Å²) in [7, 11) is 0. The third-order valence-corrected chi connectivity index (χ3v) is 3.47. The zero-order valence-electron chi connectivity index (χ0n) is 12.6. The Morgan fingerprint density at radius 2 is 1.73 bits per heavy atom. The van der Waals surface area contributed by atoms with Crippen molar-refractivity contribution in [1.82, 2.24) is 15.0 Å². The first-order valence-electron chi connectivity index (χ1n) is 7.53. The number of para-hydroxylation sites is 1. The molecule has 0 radical (unpaired) electrons. The Labute approximate surface area is 130 Å². The van der Waals surface area contributed by atoms with E-state index in [2.05, 4.69) is 22.4 Å². The molecule has 1 aromatic heterocycles. The highest BCUT2D eigenvalue weighted by Gasteiger charge is 2.03. The first kappa shape index (κ1) is 14.3. The number of aryl methyl sites for hydroxylation is 2. The molecule has 0 bridgehead atoms. The van der Waals surface area contributed by atoms with Gasteiger partial charge in [-0.2, -0.15) is 0 Å². The van der Waals surface area contributed by atoms with Crippen LogP contribution in [0.1, 0.15) is 18.2 Å². The fourth-order valence-corrected chi connectivity index (χ4v) is 2.31. The van der Waals surface area contributed by atoms with Gasteiger partial charge in [0.2, 0.25) is 0 Å². The molecule has 0 spiro atoms. The minimum atomic E-state index is 0.696. The predicted molar refractivity (Wildman–Crippen MR) is 86.4 cm³/mol. The minimum Gasteiger partial charge on any atom is -0.494 e. The molecule has 22 heavy (non-hydrogen) atoms. The SMILES string of the molecule is CCOc1ccc(CCc2cn(-c3ccccc3)nn2)cc1. The van der Waals surface area contributed by atoms with E-state index in [-0.39, 0.29) is 0 Å². The van der Waals surface area contributed by atoms with Crippen LogP contribution in [0.5, 0.6) is 5.75 Å². The highest BCUT2D eigenvalue weighted by Crippen LogP contribution is 2.14. The van der Waals surface area contributed by atoms with E-state index < -0.39 is 0 Å². The summed E-state index contributed by atoms with van der Waals surface area (Å²) in [6, 6.07) is 18.3. The highest BCUT2D eigenvalue weighted by molar-refractivity contribution is 5.30. The summed E-state index contributed by atoms with van der Waals surface area (Å²) in [6.07, 6.45) is 3.81. The van der Waals surface area contributed by atoms with Gasteiger partial charge in [0.15, 0.2) is 0 Å². The maximum Gasteiger partial charge on any atom is 0.119 e. The molecule has 3 aromatic rings. The summed E-state index contributed by atoms with van der Waals surface area (Å²) in [5, 5.41) is 8.43. The third kappa shape index (κ3) is 3.52. The van der Waals surface area contributed by atoms with E-state index >= 15 is 0 Å². The van der Waals surface area contributed by atoms with E-state index in [9.17, 15) is 0 Å². The van der Waals surface area contributed by atoms with E-state index in [0.717, 1.165) is 30.0 Å². The molecule has 1 heterocycles. The number of hydrogen-bond donors (Lipinski definition) is 0. The molecule has 0 aliphatic carbocycles. The number of hydrogen-bond acceptors (Lipinski definition) is 3. The average Bonchev–Trinajstić information content (AvgIpc) is 3.04. The topological polar surface area (TPSA) is 39.9 Å². The van der Waals surface area contributed by atoms with Crippen LogP contribution in [0.25, 0.3) is 5.69 Å². The monoisotopic (exact) mass is 293 g/mol. The summed E-state index contributed by atoms with van der Waals surface area (Å²) < 4.78 is 7.26. The van der Waals surface area contributed by atoms with Gasteiger partial charge in [-0.05, 0) is 49.6 Å². The molecule has 0 saturated carbocycles. The fourth-order valence-electron chi connectivity index (χ4n) is 2.31. The molecule has 0 fully saturated rings. The molecule has 3 rings (SSSR count). The number of aromatic nitrogens is 3. The van der Waals surface area contributed by atoms with Gasteiger partial charge >= 0.3 is 0 Å². The molecule has 4 nitrogen and oxygen atoms in total. The van der Waals surface area contributed by atoms with E-state index in [1.165, 1.54) is 5.56 Å². The van der Waals surface area contributed by atoms with Crippen molar-refractivity contribution in [2.24, 2.45) is 0 Å². The van der Waals surface area contributed by atoms with Crippen LogP contribution >= 0.6 is 0 Å². The van der Waals surface area contributed by atoms with Gasteiger partial charge in [0.1, 0.15) is 5.75 Å². The Bertz CT molecular complexity index is 705. The van der Waals surface area contributed by atoms with E-state index in [4.69, 9.17) is 4.74 Å². The molecule has 0 saturated heterocycles. The second kappa shape index (κ2) is 6.89. The van der Waals surface area contributed by atoms with E-state index in [1.807, 2.05) is 60.3 Å². The van der Waals surface area contributed by atoms with Crippen molar-refractivity contribution < 1.29 is 4.74 Å². The first-order chi connectivity index (χ1) is 10.8. The fraction of sp³-hybridized carbons (Fsp3) is 0.222. The molecule has 2 aromatic carbocycles. The maximum absolute atomic E-state index is 5.45. The van der Waals surface area contributed by atoms with Crippen molar-refractivity contribution in [3.8, 4) is 11.4 Å². The minimum absolute atomic E-state index is 0.696. The molecule has 112 valence electrons. The van der Waals surface area contributed by atoms with Crippen LogP contribution in [0.4, 0.5) is 0 Å². The quantitative estimate of drug-likeness (QED) is 0.699. The second-order valence-electron chi connectivity index (χ2n) is 5.07. The van der Waals surface area contributed by atoms with Crippen LogP contribution < -0.4 is 4.74 Å². The maximum atomic E-state index is 5.45. The zero-order chi connectivity index (χ0) is 15.2. The van der Waals surface area contributed by atoms with Crippen LogP contribution in [-0.2, 0) is 12.8 Å². The Morgan fingerprint density at radius 1 is 0.955 bits per heavy atom. The van der Waals surface area contributed by atoms with Gasteiger partial charge in [-0.25, -0.2) is 4.68 Å². The largest absolute Gasteiger partial charge is 0.494 e. The molecule has 0 unspecified atom stereocenters. The molecule has 4 heteroatoms. The second-order valence-corrected chi connectivity index (χ2v) is 5.07. The van der Waals surface area contributed by atoms with Crippen molar-refractivity contribution in [1.29, 1.82) is 0 Å². The molecule has 0 N–H and O–H groups in total. The van der Waals surface area contributed by atoms with Crippen molar-refractivity contribution in [2.75, 3.05) is 6.61 Å². The van der Waals surface area contributed by atoms with Gasteiger partial charge in [0.25, 0.3) is 0 Å². The summed E-state index contributed by atoms with van der Waals surface area (Å²) in [5.74, 6) is 0.918. The molecule has 0 amide bonds. The lowest BCUT2D eigenvalue weighted by Crippen LogP contribution is -1.94. The molecule has 0 aliphatic rings. The van der Waals surface area contributed by atoms with Crippen molar-refractivity contribution in [3.63, 3.8) is 0 Å². The normalized spacial score (nSPS) is 10.6. The van der Waals surface area contributed by atoms with Gasteiger partial charge in [0.05, 0.1) is 24.2 Å². The lowest BCUT2D eigenvalue weighted by atomic mass is 10.1. The third-order valence-electron chi connectivity index (χ3n) is 3.47. The van der Waals surface area contributed by atoms with E-state index in [0.29, 0.717) is 6.61 Å². The lowest BCUT2D eigenvalue weighted by molar-refractivity contribution is 0.340. The summed E-state index contributed by atoms with van der Waals surface area (Å²) in [5.41, 5.74) is 3.30. The van der Waals surface area contributed by atoms with Gasteiger partial charge in [-0.3, -0.25) is 0 Å². The molecule has 0 atom stereocenters. The lowest BCUT2D eigenvalue weighted by Gasteiger charge is -2.04. The highest BCUT2D eigenvalue weighted by atomic mass is 16.5. The molecular weight excluding hydrogens is 274 g/mol. The van der Waals surface area contributed by atoms with Crippen molar-refractivity contribution >= 4 is 0 Å². The summed E-state index contributed by atoms with van der Waals surface area (Å²) in [6.45, 7) is 2.69. The van der Waals surface area contributed by atoms with Crippen LogP contribution in [0.15, 0.2) is 60.8 Å². The number of benzene rings is 2. The van der Waals surface area contributed by atoms with Gasteiger partial charge in [0, 0.05) is 0 Å². The van der Waals surface area contributed by atoms with Crippen LogP contribution in [0, 0.1) is 0 Å². The standard InChI is InChI=1S/C18H19N3O/c1-2-22-18-12-9-15(10-13-18)8-11-16-14-21(20-19-16)17-6-4-3-5-7-17/h3-7,9-10,12-14H,2,8,11H2,1H3. The number of nitrogens with zero attached hydrogens (tertiary/aromatic N) is 3. The van der Waals surface area contributed by atoms with Crippen LogP contribution in [0.2, 0.25) is 0 Å². The van der Waals surface area contributed by atoms with Crippen molar-refractivity contribution in [3.05, 3.63) is 72.1 Å². The average molecular weight is 293 g/mol. The summed E-state index contributed by atoms with van der Waals surface area (Å²) in [4.78, 5) is 0. The Kier molecular flexibility index (Phi) is 4.49. The first-order valence-corrected chi connectivity index (χ1v) is 7.53. The Hall–Kier alpha value is -2.62. The smallest absolute Gasteiger partial charge is 0.119 e. The van der Waals surface area contributed by atoms with Crippen molar-refractivity contribution in [2.45, 2.75) is 19.8 Å². The number of ether oxygens (including phenoxy) is 1. The Morgan fingerprint density at radius 3 is 2.45 bits per heavy atom. The Balaban J connectivity index is 1.61. The van der Waals surface area contributed by atoms with Crippen LogP contribution in [0.3, 0.4) is 0 Å². The molecular formula is C18H19N3O. The van der Waals surface area contributed by atoms with Gasteiger partial charge in [-0.15, -0.1) is 5.10 Å². The van der Waals surface area contributed by atoms with Gasteiger partial charge in [-0.1, -0.05) is 35.5 Å². The van der Waals surface area contributed by atoms with Crippen LogP contribution in [-0.4, -0.2) is 21.6 Å². The number of rotatable bonds is 6. The summed E-state index contributed by atoms with van der Waals surface area (Å²) >= 11 is 0. The van der Waals surface area contributed by atoms with Gasteiger partial charge < -0.3 is 4.74 Å². The molecule has 0 aliphatic heterocycles. The predicted octanol–water partition coefficient (Wildman–Crippen LogP) is 3.45.